The molecular weight excluding hydrogens is 298 g/mol. The molecule has 0 saturated carbocycles. The maximum atomic E-state index is 8.70. The van der Waals surface area contributed by atoms with Gasteiger partial charge < -0.3 is 10.6 Å². The van der Waals surface area contributed by atoms with E-state index in [1.54, 1.807) is 11.8 Å². The highest BCUT2D eigenvalue weighted by molar-refractivity contribution is 8.00. The van der Waals surface area contributed by atoms with Crippen molar-refractivity contribution in [3.8, 4) is 6.07 Å². The van der Waals surface area contributed by atoms with Crippen LogP contribution < -0.4 is 10.6 Å². The van der Waals surface area contributed by atoms with Crippen LogP contribution >= 0.6 is 24.4 Å². The van der Waals surface area contributed by atoms with Crippen LogP contribution in [0.4, 0.5) is 11.4 Å². The first-order valence-corrected chi connectivity index (χ1v) is 8.47. The van der Waals surface area contributed by atoms with Gasteiger partial charge in [0.2, 0.25) is 0 Å². The molecule has 0 atom stereocenters. The van der Waals surface area contributed by atoms with E-state index < -0.39 is 0 Å². The normalized spacial score (nSPS) is 11.8. The van der Waals surface area contributed by atoms with E-state index in [1.165, 1.54) is 0 Å². The summed E-state index contributed by atoms with van der Waals surface area (Å²) in [5.41, 5.74) is 2.17. The third kappa shape index (κ3) is 7.54. The van der Waals surface area contributed by atoms with Crippen molar-refractivity contribution in [2.45, 2.75) is 37.2 Å². The van der Waals surface area contributed by atoms with Crippen molar-refractivity contribution in [3.63, 3.8) is 0 Å². The van der Waals surface area contributed by atoms with Crippen molar-refractivity contribution >= 4 is 35.8 Å². The Balaban J connectivity index is 2.65. The van der Waals surface area contributed by atoms with Crippen LogP contribution in [-0.2, 0) is 0 Å². The van der Waals surface area contributed by atoms with Crippen LogP contribution in [0.5, 0.6) is 0 Å². The number of para-hydroxylation sites is 2. The first-order valence-electron chi connectivity index (χ1n) is 7.04. The predicted molar refractivity (Wildman–Crippen MR) is 98.6 cm³/mol. The molecule has 0 aliphatic heterocycles. The fourth-order valence-electron chi connectivity index (χ4n) is 1.69. The quantitative estimate of drug-likeness (QED) is 0.626. The summed E-state index contributed by atoms with van der Waals surface area (Å²) in [4.78, 5) is 0. The fraction of sp³-hybridized carbons (Fsp3) is 0.562. The van der Waals surface area contributed by atoms with E-state index in [-0.39, 0.29) is 9.49 Å². The van der Waals surface area contributed by atoms with Gasteiger partial charge in [0.05, 0.1) is 23.2 Å². The first kappa shape index (κ1) is 18.1. The number of anilines is 2. The van der Waals surface area contributed by atoms with Crippen LogP contribution in [0.2, 0.25) is 0 Å². The second kappa shape index (κ2) is 7.86. The summed E-state index contributed by atoms with van der Waals surface area (Å²) < 4.78 is -0.0410. The Morgan fingerprint density at radius 1 is 1.10 bits per heavy atom. The molecule has 0 spiro atoms. The second-order valence-electron chi connectivity index (χ2n) is 6.27. The molecule has 116 valence electrons. The molecule has 1 rings (SSSR count). The summed E-state index contributed by atoms with van der Waals surface area (Å²) in [5, 5.41) is 15.6. The lowest BCUT2D eigenvalue weighted by Crippen LogP contribution is -2.28. The number of thioether (sulfide) groups is 1. The van der Waals surface area contributed by atoms with Gasteiger partial charge in [0.25, 0.3) is 0 Å². The smallest absolute Gasteiger partial charge is 0.0814 e. The SMILES string of the molecule is CC(C)(S)CNc1ccccc1NCC(C)(C)SCC#N. The zero-order valence-corrected chi connectivity index (χ0v) is 14.9. The number of hydrogen-bond acceptors (Lipinski definition) is 5. The average molecular weight is 324 g/mol. The summed E-state index contributed by atoms with van der Waals surface area (Å²) in [6.07, 6.45) is 0. The monoisotopic (exact) mass is 323 g/mol. The van der Waals surface area contributed by atoms with Crippen molar-refractivity contribution in [1.29, 1.82) is 5.26 Å². The molecule has 0 aromatic heterocycles. The van der Waals surface area contributed by atoms with E-state index in [1.807, 2.05) is 12.1 Å². The minimum absolute atomic E-state index is 0.0195. The molecule has 0 unspecified atom stereocenters. The zero-order valence-electron chi connectivity index (χ0n) is 13.2. The standard InChI is InChI=1S/C16H25N3S2/c1-15(2,20)11-18-13-7-5-6-8-14(13)19-12-16(3,4)21-10-9-17/h5-8,18-20H,10-12H2,1-4H3. The summed E-state index contributed by atoms with van der Waals surface area (Å²) >= 11 is 6.20. The average Bonchev–Trinajstić information content (AvgIpc) is 2.41. The molecule has 0 aliphatic carbocycles. The third-order valence-corrected chi connectivity index (χ3v) is 4.23. The summed E-state index contributed by atoms with van der Waals surface area (Å²) in [6, 6.07) is 10.4. The number of benzene rings is 1. The summed E-state index contributed by atoms with van der Waals surface area (Å²) in [6.45, 7) is 10.1. The molecule has 0 fully saturated rings. The number of nitrogens with one attached hydrogen (secondary N) is 2. The molecule has 1 aromatic rings. The van der Waals surface area contributed by atoms with Gasteiger partial charge in [-0.25, -0.2) is 0 Å². The molecule has 0 bridgehead atoms. The van der Waals surface area contributed by atoms with Crippen LogP contribution in [0, 0.1) is 11.3 Å². The number of thiol groups is 1. The Hall–Kier alpha value is -0.990. The Bertz CT molecular complexity index is 487. The van der Waals surface area contributed by atoms with E-state index in [0.29, 0.717) is 5.75 Å². The van der Waals surface area contributed by atoms with Crippen LogP contribution in [0.1, 0.15) is 27.7 Å². The topological polar surface area (TPSA) is 47.8 Å². The molecule has 21 heavy (non-hydrogen) atoms. The number of nitrogens with zero attached hydrogens (tertiary/aromatic N) is 1. The molecule has 5 heteroatoms. The van der Waals surface area contributed by atoms with Gasteiger partial charge in [0.15, 0.2) is 0 Å². The lowest BCUT2D eigenvalue weighted by Gasteiger charge is -2.25. The molecule has 0 aliphatic rings. The maximum Gasteiger partial charge on any atom is 0.0814 e. The molecule has 1 aromatic carbocycles. The van der Waals surface area contributed by atoms with Gasteiger partial charge in [-0.3, -0.25) is 0 Å². The first-order chi connectivity index (χ1) is 9.73. The molecule has 0 heterocycles. The van der Waals surface area contributed by atoms with Gasteiger partial charge in [-0.1, -0.05) is 12.1 Å². The van der Waals surface area contributed by atoms with Crippen molar-refractivity contribution in [2.24, 2.45) is 0 Å². The number of nitriles is 1. The third-order valence-electron chi connectivity index (χ3n) is 2.87. The number of rotatable bonds is 8. The van der Waals surface area contributed by atoms with Crippen molar-refractivity contribution in [2.75, 3.05) is 29.5 Å². The lowest BCUT2D eigenvalue weighted by molar-refractivity contribution is 0.748. The second-order valence-corrected chi connectivity index (χ2v) is 9.16. The van der Waals surface area contributed by atoms with E-state index in [2.05, 4.69) is 69.2 Å². The fourth-order valence-corrected chi connectivity index (χ4v) is 2.40. The highest BCUT2D eigenvalue weighted by atomic mass is 32.2. The number of hydrogen-bond donors (Lipinski definition) is 3. The highest BCUT2D eigenvalue weighted by Crippen LogP contribution is 2.27. The van der Waals surface area contributed by atoms with E-state index in [9.17, 15) is 0 Å². The van der Waals surface area contributed by atoms with Gasteiger partial charge >= 0.3 is 0 Å². The van der Waals surface area contributed by atoms with E-state index >= 15 is 0 Å². The Morgan fingerprint density at radius 2 is 1.62 bits per heavy atom. The molecule has 0 amide bonds. The van der Waals surface area contributed by atoms with E-state index in [0.717, 1.165) is 24.5 Å². The largest absolute Gasteiger partial charge is 0.382 e. The van der Waals surface area contributed by atoms with Crippen LogP contribution in [0.15, 0.2) is 24.3 Å². The summed E-state index contributed by atoms with van der Waals surface area (Å²) in [7, 11) is 0. The lowest BCUT2D eigenvalue weighted by atomic mass is 10.1. The highest BCUT2D eigenvalue weighted by Gasteiger charge is 2.18. The predicted octanol–water partition coefficient (Wildman–Crippen LogP) is 4.25. The van der Waals surface area contributed by atoms with Crippen LogP contribution in [0.25, 0.3) is 0 Å². The van der Waals surface area contributed by atoms with E-state index in [4.69, 9.17) is 5.26 Å². The molecule has 0 saturated heterocycles. The minimum Gasteiger partial charge on any atom is -0.382 e. The Labute approximate surface area is 138 Å². The molecular formula is C16H25N3S2. The van der Waals surface area contributed by atoms with Crippen molar-refractivity contribution in [1.82, 2.24) is 0 Å². The maximum absolute atomic E-state index is 8.70. The molecule has 3 nitrogen and oxygen atoms in total. The van der Waals surface area contributed by atoms with Crippen LogP contribution in [0.3, 0.4) is 0 Å². The van der Waals surface area contributed by atoms with Gasteiger partial charge in [-0.15, -0.1) is 11.8 Å². The van der Waals surface area contributed by atoms with Gasteiger partial charge in [0.1, 0.15) is 0 Å². The van der Waals surface area contributed by atoms with Crippen molar-refractivity contribution in [3.05, 3.63) is 24.3 Å². The van der Waals surface area contributed by atoms with Gasteiger partial charge in [0, 0.05) is 22.6 Å². The molecule has 0 radical (unpaired) electrons. The Morgan fingerprint density at radius 3 is 2.10 bits per heavy atom. The van der Waals surface area contributed by atoms with Gasteiger partial charge in [-0.05, 0) is 39.8 Å². The minimum atomic E-state index is -0.0605. The van der Waals surface area contributed by atoms with Gasteiger partial charge in [-0.2, -0.15) is 17.9 Å². The van der Waals surface area contributed by atoms with Crippen LogP contribution in [-0.4, -0.2) is 28.3 Å². The Kier molecular flexibility index (Phi) is 6.76. The summed E-state index contributed by atoms with van der Waals surface area (Å²) in [5.74, 6) is 0.516. The van der Waals surface area contributed by atoms with Crippen molar-refractivity contribution < 1.29 is 0 Å². The zero-order chi connectivity index (χ0) is 15.9. The molecule has 2 N–H and O–H groups in total.